The van der Waals surface area contributed by atoms with E-state index in [0.29, 0.717) is 18.0 Å². The number of anilines is 2. The third-order valence-electron chi connectivity index (χ3n) is 5.32. The Morgan fingerprint density at radius 3 is 2.62 bits per heavy atom. The summed E-state index contributed by atoms with van der Waals surface area (Å²) >= 11 is 1.49. The van der Waals surface area contributed by atoms with Gasteiger partial charge in [0.05, 0.1) is 23.7 Å². The molecule has 0 saturated heterocycles. The first-order valence-corrected chi connectivity index (χ1v) is 11.9. The molecule has 2 amide bonds. The van der Waals surface area contributed by atoms with Crippen molar-refractivity contribution in [2.45, 2.75) is 11.4 Å². The van der Waals surface area contributed by atoms with Gasteiger partial charge in [-0.25, -0.2) is 0 Å². The van der Waals surface area contributed by atoms with Crippen molar-refractivity contribution < 1.29 is 9.59 Å². The lowest BCUT2D eigenvalue weighted by molar-refractivity contribution is -0.114. The minimum Gasteiger partial charge on any atom is -0.324 e. The topological polar surface area (TPSA) is 76.0 Å². The largest absolute Gasteiger partial charge is 0.324 e. The van der Waals surface area contributed by atoms with Crippen LogP contribution in [0.25, 0.3) is 17.3 Å². The minimum absolute atomic E-state index is 0.0400. The fourth-order valence-corrected chi connectivity index (χ4v) is 4.53. The molecule has 34 heavy (non-hydrogen) atoms. The van der Waals surface area contributed by atoms with Crippen molar-refractivity contribution in [3.63, 3.8) is 0 Å². The lowest BCUT2D eigenvalue weighted by Gasteiger charge is -2.17. The zero-order valence-electron chi connectivity index (χ0n) is 18.3. The molecule has 0 unspecified atom stereocenters. The Morgan fingerprint density at radius 1 is 1.06 bits per heavy atom. The number of rotatable bonds is 6. The van der Waals surface area contributed by atoms with E-state index >= 15 is 0 Å². The van der Waals surface area contributed by atoms with Crippen molar-refractivity contribution in [2.75, 3.05) is 16.4 Å². The van der Waals surface area contributed by atoms with E-state index in [2.05, 4.69) is 22.8 Å². The van der Waals surface area contributed by atoms with Gasteiger partial charge in [0.25, 0.3) is 0 Å². The number of carbonyl (C=O) groups is 2. The number of fused-ring (bicyclic) bond motifs is 1. The molecule has 0 fully saturated rings. The molecule has 0 atom stereocenters. The highest BCUT2D eigenvalue weighted by molar-refractivity contribution is 8.00. The van der Waals surface area contributed by atoms with Crippen LogP contribution in [0.5, 0.6) is 0 Å². The first-order valence-electron chi connectivity index (χ1n) is 10.9. The summed E-state index contributed by atoms with van der Waals surface area (Å²) in [7, 11) is 0. The second-order valence-corrected chi connectivity index (χ2v) is 8.87. The Bertz CT molecular complexity index is 1360. The summed E-state index contributed by atoms with van der Waals surface area (Å²) in [6.45, 7) is 0.638. The maximum Gasteiger partial charge on any atom is 0.248 e. The van der Waals surface area contributed by atoms with Gasteiger partial charge >= 0.3 is 0 Å². The molecule has 2 heterocycles. The fraction of sp³-hybridized carbons (Fsp3) is 0.0741. The van der Waals surface area contributed by atoms with Gasteiger partial charge in [0.2, 0.25) is 11.8 Å². The molecule has 0 radical (unpaired) electrons. The molecule has 0 bridgehead atoms. The van der Waals surface area contributed by atoms with Gasteiger partial charge in [-0.1, -0.05) is 60.7 Å². The maximum atomic E-state index is 12.6. The molecular formula is C27H22N4O2S. The van der Waals surface area contributed by atoms with E-state index in [1.165, 1.54) is 17.8 Å². The average molecular weight is 467 g/mol. The summed E-state index contributed by atoms with van der Waals surface area (Å²) in [5.74, 6) is 0.106. The standard InChI is InChI=1S/C27H22N4O2S/c32-25(28-22-12-13-24-23(15-22)29-26(33)18-34-24)14-11-21-17-31(16-19-7-3-1-4-8-19)30-27(21)20-9-5-2-6-10-20/h1-15,17H,16,18H2,(H,28,32)(H,29,33)/b14-11+. The van der Waals surface area contributed by atoms with E-state index in [1.54, 1.807) is 12.1 Å². The van der Waals surface area contributed by atoms with Crippen molar-refractivity contribution in [3.05, 3.63) is 102 Å². The molecule has 0 spiro atoms. The van der Waals surface area contributed by atoms with Crippen LogP contribution in [0.15, 0.2) is 96.0 Å². The van der Waals surface area contributed by atoms with Crippen LogP contribution in [-0.4, -0.2) is 27.3 Å². The number of hydrogen-bond acceptors (Lipinski definition) is 4. The second kappa shape index (κ2) is 9.80. The summed E-state index contributed by atoms with van der Waals surface area (Å²) in [6.07, 6.45) is 5.23. The van der Waals surface area contributed by atoms with Gasteiger partial charge in [-0.15, -0.1) is 11.8 Å². The van der Waals surface area contributed by atoms with Gasteiger partial charge in [-0.3, -0.25) is 14.3 Å². The molecule has 7 heteroatoms. The maximum absolute atomic E-state index is 12.6. The molecule has 6 nitrogen and oxygen atoms in total. The van der Waals surface area contributed by atoms with Gasteiger partial charge < -0.3 is 10.6 Å². The van der Waals surface area contributed by atoms with Gasteiger partial charge in [-0.05, 0) is 29.8 Å². The van der Waals surface area contributed by atoms with Crippen LogP contribution in [0, 0.1) is 0 Å². The monoisotopic (exact) mass is 466 g/mol. The van der Waals surface area contributed by atoms with Crippen molar-refractivity contribution in [1.82, 2.24) is 9.78 Å². The predicted molar refractivity (Wildman–Crippen MR) is 137 cm³/mol. The Balaban J connectivity index is 1.36. The van der Waals surface area contributed by atoms with Gasteiger partial charge in [0.1, 0.15) is 0 Å². The quantitative estimate of drug-likeness (QED) is 0.379. The molecule has 168 valence electrons. The lowest BCUT2D eigenvalue weighted by Crippen LogP contribution is -2.19. The van der Waals surface area contributed by atoms with E-state index in [-0.39, 0.29) is 11.8 Å². The SMILES string of the molecule is O=C(/C=C/c1cn(Cc2ccccc2)nc1-c1ccccc1)Nc1ccc2c(c1)NC(=O)CS2. The van der Waals surface area contributed by atoms with E-state index in [1.807, 2.05) is 71.5 Å². The minimum atomic E-state index is -0.260. The van der Waals surface area contributed by atoms with Crippen LogP contribution in [0.4, 0.5) is 11.4 Å². The molecule has 5 rings (SSSR count). The fourth-order valence-electron chi connectivity index (χ4n) is 3.74. The number of carbonyl (C=O) groups excluding carboxylic acids is 2. The van der Waals surface area contributed by atoms with Crippen molar-refractivity contribution in [3.8, 4) is 11.3 Å². The van der Waals surface area contributed by atoms with Crippen LogP contribution < -0.4 is 10.6 Å². The summed E-state index contributed by atoms with van der Waals surface area (Å²) in [4.78, 5) is 25.3. The van der Waals surface area contributed by atoms with Crippen LogP contribution in [-0.2, 0) is 16.1 Å². The lowest BCUT2D eigenvalue weighted by atomic mass is 10.1. The highest BCUT2D eigenvalue weighted by Gasteiger charge is 2.16. The third kappa shape index (κ3) is 5.10. The van der Waals surface area contributed by atoms with Crippen LogP contribution in [0.3, 0.4) is 0 Å². The smallest absolute Gasteiger partial charge is 0.248 e. The highest BCUT2D eigenvalue weighted by Crippen LogP contribution is 2.33. The Labute approximate surface area is 201 Å². The number of amides is 2. The van der Waals surface area contributed by atoms with Gasteiger partial charge in [0.15, 0.2) is 0 Å². The van der Waals surface area contributed by atoms with Gasteiger partial charge in [0, 0.05) is 34.0 Å². The summed E-state index contributed by atoms with van der Waals surface area (Å²) in [5.41, 5.74) is 5.14. The first kappa shape index (κ1) is 21.7. The average Bonchev–Trinajstić information content (AvgIpc) is 3.26. The number of benzene rings is 3. The van der Waals surface area contributed by atoms with Gasteiger partial charge in [-0.2, -0.15) is 5.10 Å². The van der Waals surface area contributed by atoms with E-state index in [4.69, 9.17) is 5.10 Å². The molecule has 0 saturated carbocycles. The Kier molecular flexibility index (Phi) is 6.27. The molecule has 1 aliphatic heterocycles. The Hall–Kier alpha value is -4.10. The summed E-state index contributed by atoms with van der Waals surface area (Å²) in [6, 6.07) is 25.6. The number of hydrogen-bond donors (Lipinski definition) is 2. The van der Waals surface area contributed by atoms with Crippen molar-refractivity contribution in [2.24, 2.45) is 0 Å². The molecule has 3 aromatic carbocycles. The molecular weight excluding hydrogens is 444 g/mol. The number of nitrogens with one attached hydrogen (secondary N) is 2. The van der Waals surface area contributed by atoms with Crippen molar-refractivity contribution in [1.29, 1.82) is 0 Å². The van der Waals surface area contributed by atoms with Crippen LogP contribution in [0.1, 0.15) is 11.1 Å². The second-order valence-electron chi connectivity index (χ2n) is 7.85. The third-order valence-corrected chi connectivity index (χ3v) is 6.39. The highest BCUT2D eigenvalue weighted by atomic mass is 32.2. The molecule has 1 aliphatic rings. The first-order chi connectivity index (χ1) is 16.6. The number of nitrogens with zero attached hydrogens (tertiary/aromatic N) is 2. The number of thioether (sulfide) groups is 1. The van der Waals surface area contributed by atoms with E-state index in [0.717, 1.165) is 33.0 Å². The van der Waals surface area contributed by atoms with E-state index in [9.17, 15) is 9.59 Å². The zero-order valence-corrected chi connectivity index (χ0v) is 19.1. The summed E-state index contributed by atoms with van der Waals surface area (Å²) in [5, 5.41) is 10.5. The molecule has 1 aromatic heterocycles. The number of aromatic nitrogens is 2. The molecule has 2 N–H and O–H groups in total. The molecule has 4 aromatic rings. The normalized spacial score (nSPS) is 12.9. The Morgan fingerprint density at radius 2 is 1.82 bits per heavy atom. The van der Waals surface area contributed by atoms with Crippen LogP contribution in [0.2, 0.25) is 0 Å². The summed E-state index contributed by atoms with van der Waals surface area (Å²) < 4.78 is 1.89. The predicted octanol–water partition coefficient (Wildman–Crippen LogP) is 5.29. The molecule has 0 aliphatic carbocycles. The zero-order chi connectivity index (χ0) is 23.3. The van der Waals surface area contributed by atoms with Crippen LogP contribution >= 0.6 is 11.8 Å². The van der Waals surface area contributed by atoms with E-state index < -0.39 is 0 Å². The van der Waals surface area contributed by atoms with Crippen molar-refractivity contribution >= 4 is 41.0 Å².